The van der Waals surface area contributed by atoms with Crippen LogP contribution in [0.4, 0.5) is 0 Å². The van der Waals surface area contributed by atoms with Crippen LogP contribution in [0.15, 0.2) is 5.51 Å². The topological polar surface area (TPSA) is 42.2 Å². The molecule has 0 saturated carbocycles. The van der Waals surface area contributed by atoms with Gasteiger partial charge in [0.25, 0.3) is 0 Å². The number of nitrogens with zero attached hydrogens (tertiary/aromatic N) is 2. The standard InChI is InChI=1S/C13H23N3S/c1-10-4-3-5-12(8-14)16(10)7-6-13-11(2)15-9-17-13/h9-10,12H,3-8,14H2,1-2H3. The lowest BCUT2D eigenvalue weighted by Crippen LogP contribution is -2.49. The van der Waals surface area contributed by atoms with E-state index in [1.165, 1.54) is 29.8 Å². The average Bonchev–Trinajstić information content (AvgIpc) is 2.73. The van der Waals surface area contributed by atoms with Crippen LogP contribution < -0.4 is 5.73 Å². The third-order valence-electron chi connectivity index (χ3n) is 3.91. The summed E-state index contributed by atoms with van der Waals surface area (Å²) in [5, 5.41) is 0. The first-order valence-corrected chi connectivity index (χ1v) is 7.45. The molecule has 0 spiro atoms. The molecule has 0 bridgehead atoms. The molecule has 2 heterocycles. The van der Waals surface area contributed by atoms with E-state index in [0.717, 1.165) is 19.5 Å². The Morgan fingerprint density at radius 2 is 2.35 bits per heavy atom. The maximum Gasteiger partial charge on any atom is 0.0797 e. The lowest BCUT2D eigenvalue weighted by Gasteiger charge is -2.40. The quantitative estimate of drug-likeness (QED) is 0.894. The largest absolute Gasteiger partial charge is 0.329 e. The summed E-state index contributed by atoms with van der Waals surface area (Å²) in [6, 6.07) is 1.28. The summed E-state index contributed by atoms with van der Waals surface area (Å²) in [4.78, 5) is 8.34. The van der Waals surface area contributed by atoms with Gasteiger partial charge in [0.2, 0.25) is 0 Å². The Morgan fingerprint density at radius 1 is 1.53 bits per heavy atom. The summed E-state index contributed by atoms with van der Waals surface area (Å²) in [6.07, 6.45) is 5.04. The van der Waals surface area contributed by atoms with E-state index in [1.807, 2.05) is 5.51 Å². The van der Waals surface area contributed by atoms with Crippen LogP contribution >= 0.6 is 11.3 Å². The molecule has 96 valence electrons. The highest BCUT2D eigenvalue weighted by Crippen LogP contribution is 2.23. The second-order valence-electron chi connectivity index (χ2n) is 5.02. The second kappa shape index (κ2) is 5.94. The first-order valence-electron chi connectivity index (χ1n) is 6.57. The van der Waals surface area contributed by atoms with Gasteiger partial charge in [0, 0.05) is 30.1 Å². The zero-order chi connectivity index (χ0) is 12.3. The molecule has 1 fully saturated rings. The highest BCUT2D eigenvalue weighted by molar-refractivity contribution is 7.09. The van der Waals surface area contributed by atoms with Crippen molar-refractivity contribution in [3.63, 3.8) is 0 Å². The number of aryl methyl sites for hydroxylation is 1. The van der Waals surface area contributed by atoms with Gasteiger partial charge in [-0.15, -0.1) is 11.3 Å². The van der Waals surface area contributed by atoms with Gasteiger partial charge in [-0.3, -0.25) is 4.90 Å². The summed E-state index contributed by atoms with van der Waals surface area (Å²) in [6.45, 7) is 6.37. The van der Waals surface area contributed by atoms with Gasteiger partial charge in [0.05, 0.1) is 11.2 Å². The Kier molecular flexibility index (Phi) is 4.54. The number of aromatic nitrogens is 1. The Morgan fingerprint density at radius 3 is 3.00 bits per heavy atom. The molecule has 0 radical (unpaired) electrons. The summed E-state index contributed by atoms with van der Waals surface area (Å²) in [5.74, 6) is 0. The molecule has 0 aliphatic carbocycles. The van der Waals surface area contributed by atoms with Crippen molar-refractivity contribution in [2.45, 2.75) is 51.6 Å². The number of thiazole rings is 1. The molecule has 2 N–H and O–H groups in total. The van der Waals surface area contributed by atoms with Crippen molar-refractivity contribution in [3.8, 4) is 0 Å². The van der Waals surface area contributed by atoms with Gasteiger partial charge in [-0.2, -0.15) is 0 Å². The minimum atomic E-state index is 0.590. The molecule has 2 rings (SSSR count). The summed E-state index contributed by atoms with van der Waals surface area (Å²) in [5.41, 5.74) is 9.03. The van der Waals surface area contributed by atoms with Crippen LogP contribution in [0, 0.1) is 6.92 Å². The van der Waals surface area contributed by atoms with Crippen LogP contribution in [0.25, 0.3) is 0 Å². The summed E-state index contributed by atoms with van der Waals surface area (Å²) < 4.78 is 0. The normalized spacial score (nSPS) is 26.3. The maximum absolute atomic E-state index is 5.88. The first-order chi connectivity index (χ1) is 8.22. The number of likely N-dealkylation sites (tertiary alicyclic amines) is 1. The van der Waals surface area contributed by atoms with Crippen LogP contribution in [0.1, 0.15) is 36.8 Å². The van der Waals surface area contributed by atoms with E-state index in [2.05, 4.69) is 23.7 Å². The van der Waals surface area contributed by atoms with Crippen molar-refractivity contribution < 1.29 is 0 Å². The van der Waals surface area contributed by atoms with E-state index < -0.39 is 0 Å². The molecule has 1 saturated heterocycles. The molecule has 0 amide bonds. The average molecular weight is 253 g/mol. The fraction of sp³-hybridized carbons (Fsp3) is 0.769. The van der Waals surface area contributed by atoms with Crippen LogP contribution in [0.5, 0.6) is 0 Å². The lowest BCUT2D eigenvalue weighted by molar-refractivity contribution is 0.0990. The summed E-state index contributed by atoms with van der Waals surface area (Å²) >= 11 is 1.78. The first kappa shape index (κ1) is 13.0. The van der Waals surface area contributed by atoms with Crippen LogP contribution in [-0.4, -0.2) is 35.1 Å². The Hall–Kier alpha value is -0.450. The minimum Gasteiger partial charge on any atom is -0.329 e. The molecule has 0 aromatic carbocycles. The predicted molar refractivity (Wildman–Crippen MR) is 73.4 cm³/mol. The third kappa shape index (κ3) is 3.06. The fourth-order valence-corrected chi connectivity index (χ4v) is 3.56. The minimum absolute atomic E-state index is 0.590. The third-order valence-corrected chi connectivity index (χ3v) is 4.90. The van der Waals surface area contributed by atoms with Crippen molar-refractivity contribution in [1.29, 1.82) is 0 Å². The van der Waals surface area contributed by atoms with Crippen molar-refractivity contribution in [2.75, 3.05) is 13.1 Å². The zero-order valence-corrected chi connectivity index (χ0v) is 11.7. The van der Waals surface area contributed by atoms with E-state index in [-0.39, 0.29) is 0 Å². The number of piperidine rings is 1. The van der Waals surface area contributed by atoms with E-state index >= 15 is 0 Å². The molecule has 2 unspecified atom stereocenters. The SMILES string of the molecule is Cc1ncsc1CCN1C(C)CCCC1CN. The Labute approximate surface area is 108 Å². The van der Waals surface area contributed by atoms with E-state index in [1.54, 1.807) is 11.3 Å². The maximum atomic E-state index is 5.88. The number of nitrogens with two attached hydrogens (primary N) is 1. The van der Waals surface area contributed by atoms with Crippen molar-refractivity contribution in [1.82, 2.24) is 9.88 Å². The fourth-order valence-electron chi connectivity index (χ4n) is 2.79. The van der Waals surface area contributed by atoms with Gasteiger partial charge in [-0.05, 0) is 33.1 Å². The van der Waals surface area contributed by atoms with Crippen LogP contribution in [-0.2, 0) is 6.42 Å². The Balaban J connectivity index is 1.94. The van der Waals surface area contributed by atoms with Gasteiger partial charge in [-0.25, -0.2) is 4.98 Å². The van der Waals surface area contributed by atoms with Crippen molar-refractivity contribution in [3.05, 3.63) is 16.1 Å². The molecule has 1 aromatic rings. The van der Waals surface area contributed by atoms with E-state index in [0.29, 0.717) is 12.1 Å². The number of hydrogen-bond donors (Lipinski definition) is 1. The molecule has 17 heavy (non-hydrogen) atoms. The van der Waals surface area contributed by atoms with E-state index in [9.17, 15) is 0 Å². The monoisotopic (exact) mass is 253 g/mol. The van der Waals surface area contributed by atoms with Gasteiger partial charge in [0.1, 0.15) is 0 Å². The smallest absolute Gasteiger partial charge is 0.0797 e. The molecular weight excluding hydrogens is 230 g/mol. The molecule has 1 aliphatic heterocycles. The molecule has 1 aliphatic rings. The van der Waals surface area contributed by atoms with Crippen molar-refractivity contribution in [2.24, 2.45) is 5.73 Å². The molecule has 1 aromatic heterocycles. The van der Waals surface area contributed by atoms with E-state index in [4.69, 9.17) is 5.73 Å². The summed E-state index contributed by atoms with van der Waals surface area (Å²) in [7, 11) is 0. The predicted octanol–water partition coefficient (Wildman–Crippen LogP) is 2.20. The highest BCUT2D eigenvalue weighted by Gasteiger charge is 2.26. The zero-order valence-electron chi connectivity index (χ0n) is 10.9. The van der Waals surface area contributed by atoms with Gasteiger partial charge in [-0.1, -0.05) is 6.42 Å². The lowest BCUT2D eigenvalue weighted by atomic mass is 9.96. The second-order valence-corrected chi connectivity index (χ2v) is 5.96. The van der Waals surface area contributed by atoms with Crippen LogP contribution in [0.3, 0.4) is 0 Å². The molecule has 4 heteroatoms. The Bertz CT molecular complexity index is 350. The molecule has 3 nitrogen and oxygen atoms in total. The molecular formula is C13H23N3S. The van der Waals surface area contributed by atoms with Gasteiger partial charge < -0.3 is 5.73 Å². The number of hydrogen-bond acceptors (Lipinski definition) is 4. The van der Waals surface area contributed by atoms with Gasteiger partial charge >= 0.3 is 0 Å². The highest BCUT2D eigenvalue weighted by atomic mass is 32.1. The van der Waals surface area contributed by atoms with Crippen LogP contribution in [0.2, 0.25) is 0 Å². The van der Waals surface area contributed by atoms with Gasteiger partial charge in [0.15, 0.2) is 0 Å². The van der Waals surface area contributed by atoms with Crippen molar-refractivity contribution >= 4 is 11.3 Å². The molecule has 2 atom stereocenters. The number of rotatable bonds is 4.